The minimum atomic E-state index is -0.928. The van der Waals surface area contributed by atoms with Crippen LogP contribution in [-0.2, 0) is 0 Å². The molecule has 2 aromatic carbocycles. The van der Waals surface area contributed by atoms with Gasteiger partial charge in [0.05, 0.1) is 29.3 Å². The average Bonchev–Trinajstić information content (AvgIpc) is 3.58. The number of hydrogen-bond donors (Lipinski definition) is 2. The van der Waals surface area contributed by atoms with Crippen molar-refractivity contribution in [3.63, 3.8) is 0 Å². The van der Waals surface area contributed by atoms with Crippen molar-refractivity contribution in [2.24, 2.45) is 5.92 Å². The van der Waals surface area contributed by atoms with Crippen molar-refractivity contribution >= 4 is 17.1 Å². The van der Waals surface area contributed by atoms with Gasteiger partial charge in [0.2, 0.25) is 5.88 Å². The molecule has 5 rings (SSSR count). The number of nitrogens with one attached hydrogen (secondary N) is 1. The van der Waals surface area contributed by atoms with Crippen LogP contribution in [0.1, 0.15) is 62.9 Å². The summed E-state index contributed by atoms with van der Waals surface area (Å²) in [5.41, 5.74) is 3.74. The van der Waals surface area contributed by atoms with Crippen LogP contribution in [0.3, 0.4) is 0 Å². The normalized spacial score (nSPS) is 13.6. The molecule has 0 saturated heterocycles. The maximum atomic E-state index is 12.7. The topological polar surface area (TPSA) is 98.0 Å². The largest absolute Gasteiger partial charge is 0.491 e. The second kappa shape index (κ2) is 10.7. The molecular weight excluding hydrogens is 492 g/mol. The lowest BCUT2D eigenvalue weighted by molar-refractivity contribution is 0.0943. The molecule has 1 aliphatic rings. The number of carbonyl (C=O) groups is 1. The first-order chi connectivity index (χ1) is 18.6. The summed E-state index contributed by atoms with van der Waals surface area (Å²) in [7, 11) is 0. The van der Waals surface area contributed by atoms with Gasteiger partial charge in [-0.15, -0.1) is 5.10 Å². The first-order valence-corrected chi connectivity index (χ1v) is 13.5. The van der Waals surface area contributed by atoms with Crippen molar-refractivity contribution in [2.45, 2.75) is 65.6 Å². The second-order valence-corrected chi connectivity index (χ2v) is 11.3. The summed E-state index contributed by atoms with van der Waals surface area (Å²) in [5, 5.41) is 18.4. The summed E-state index contributed by atoms with van der Waals surface area (Å²) in [6.07, 6.45) is 4.78. The molecule has 8 nitrogen and oxygen atoms in total. The van der Waals surface area contributed by atoms with E-state index in [1.54, 1.807) is 30.6 Å². The van der Waals surface area contributed by atoms with Crippen LogP contribution in [0.2, 0.25) is 0 Å². The van der Waals surface area contributed by atoms with E-state index >= 15 is 0 Å². The zero-order valence-electron chi connectivity index (χ0n) is 23.2. The van der Waals surface area contributed by atoms with Crippen molar-refractivity contribution < 1.29 is 19.4 Å². The van der Waals surface area contributed by atoms with E-state index in [2.05, 4.69) is 10.3 Å². The van der Waals surface area contributed by atoms with Gasteiger partial charge in [-0.1, -0.05) is 12.1 Å². The van der Waals surface area contributed by atoms with Crippen molar-refractivity contribution in [1.82, 2.24) is 14.6 Å². The molecule has 0 aliphatic heterocycles. The highest BCUT2D eigenvalue weighted by Gasteiger charge is 2.26. The minimum absolute atomic E-state index is 0.0823. The molecule has 0 bridgehead atoms. The zero-order chi connectivity index (χ0) is 27.7. The molecule has 204 valence electrons. The van der Waals surface area contributed by atoms with Gasteiger partial charge in [-0.05, 0) is 89.3 Å². The summed E-state index contributed by atoms with van der Waals surface area (Å²) in [6.45, 7) is 9.72. The van der Waals surface area contributed by atoms with E-state index in [0.29, 0.717) is 41.8 Å². The number of nitrogens with zero attached hydrogens (tertiary/aromatic N) is 3. The first kappa shape index (κ1) is 26.7. The van der Waals surface area contributed by atoms with Gasteiger partial charge < -0.3 is 19.9 Å². The summed E-state index contributed by atoms with van der Waals surface area (Å²) < 4.78 is 13.6. The molecule has 4 aromatic rings. The Hall–Kier alpha value is -3.91. The molecule has 2 aromatic heterocycles. The van der Waals surface area contributed by atoms with E-state index in [1.165, 1.54) is 0 Å². The molecule has 1 saturated carbocycles. The molecule has 0 unspecified atom stereocenters. The molecule has 0 radical (unpaired) electrons. The van der Waals surface area contributed by atoms with Crippen molar-refractivity contribution in [3.05, 3.63) is 65.9 Å². The lowest BCUT2D eigenvalue weighted by Crippen LogP contribution is -2.29. The molecular formula is C31H36N4O4. The second-order valence-electron chi connectivity index (χ2n) is 11.3. The van der Waals surface area contributed by atoms with Crippen LogP contribution >= 0.6 is 0 Å². The quantitative estimate of drug-likeness (QED) is 0.216. The van der Waals surface area contributed by atoms with Crippen LogP contribution in [0.5, 0.6) is 17.4 Å². The number of ketones is 1. The third-order valence-electron chi connectivity index (χ3n) is 6.57. The number of aromatic nitrogens is 3. The highest BCUT2D eigenvalue weighted by Crippen LogP contribution is 2.35. The molecule has 2 N–H and O–H groups in total. The first-order valence-electron chi connectivity index (χ1n) is 13.5. The van der Waals surface area contributed by atoms with Gasteiger partial charge in [0.25, 0.3) is 0 Å². The smallest absolute Gasteiger partial charge is 0.239 e. The number of aliphatic hydroxyl groups is 1. The number of fused-ring (bicyclic) bond motifs is 1. The van der Waals surface area contributed by atoms with Crippen molar-refractivity contribution in [1.29, 1.82) is 0 Å². The molecule has 0 amide bonds. The van der Waals surface area contributed by atoms with Crippen LogP contribution < -0.4 is 14.8 Å². The van der Waals surface area contributed by atoms with Gasteiger partial charge in [-0.25, -0.2) is 9.50 Å². The number of aryl methyl sites for hydroxylation is 1. The highest BCUT2D eigenvalue weighted by molar-refractivity contribution is 5.98. The third kappa shape index (κ3) is 6.57. The van der Waals surface area contributed by atoms with Crippen LogP contribution in [0.25, 0.3) is 16.9 Å². The van der Waals surface area contributed by atoms with Gasteiger partial charge in [0.15, 0.2) is 11.4 Å². The number of rotatable bonds is 11. The van der Waals surface area contributed by atoms with E-state index in [-0.39, 0.29) is 11.9 Å². The molecule has 1 fully saturated rings. The molecule has 8 heteroatoms. The Balaban J connectivity index is 1.49. The lowest BCUT2D eigenvalue weighted by atomic mass is 9.98. The molecule has 2 heterocycles. The SMILES string of the molecule is Cc1cc(-c2cnc3c(NCC(C)(C)O)cc(Oc4ccc(OC(C)C)cc4)nn23)ccc1C(=O)CC1CC1. The fourth-order valence-electron chi connectivity index (χ4n) is 4.44. The van der Waals surface area contributed by atoms with E-state index in [0.717, 1.165) is 41.0 Å². The molecule has 0 spiro atoms. The average molecular weight is 529 g/mol. The molecule has 39 heavy (non-hydrogen) atoms. The number of Topliss-reactive ketones (excluding diaryl/α,β-unsaturated/α-hetero) is 1. The van der Waals surface area contributed by atoms with Crippen LogP contribution in [-0.4, -0.2) is 43.7 Å². The standard InChI is InChI=1S/C31H36N4O4/c1-19(2)38-23-9-11-24(12-10-23)39-29-16-26(33-18-31(4,5)37)30-32-17-27(35(30)34-29)22-8-13-25(20(3)14-22)28(36)15-21-6-7-21/h8-14,16-17,19,21,33,37H,6-7,15,18H2,1-5H3. The number of anilines is 1. The summed E-state index contributed by atoms with van der Waals surface area (Å²) >= 11 is 0. The number of benzene rings is 2. The van der Waals surface area contributed by atoms with Crippen molar-refractivity contribution in [2.75, 3.05) is 11.9 Å². The van der Waals surface area contributed by atoms with Crippen LogP contribution in [0.4, 0.5) is 5.69 Å². The Morgan fingerprint density at radius 2 is 1.85 bits per heavy atom. The summed E-state index contributed by atoms with van der Waals surface area (Å²) in [5.74, 6) is 2.50. The van der Waals surface area contributed by atoms with Crippen molar-refractivity contribution in [3.8, 4) is 28.6 Å². The number of ether oxygens (including phenoxy) is 2. The van der Waals surface area contributed by atoms with Gasteiger partial charge in [-0.2, -0.15) is 0 Å². The maximum absolute atomic E-state index is 12.7. The van der Waals surface area contributed by atoms with Gasteiger partial charge >= 0.3 is 0 Å². The predicted octanol–water partition coefficient (Wildman–Crippen LogP) is 6.45. The Morgan fingerprint density at radius 3 is 2.49 bits per heavy atom. The Kier molecular flexibility index (Phi) is 7.32. The summed E-state index contributed by atoms with van der Waals surface area (Å²) in [4.78, 5) is 17.4. The van der Waals surface area contributed by atoms with E-state index < -0.39 is 5.60 Å². The van der Waals surface area contributed by atoms with Crippen LogP contribution in [0.15, 0.2) is 54.7 Å². The Bertz CT molecular complexity index is 1480. The lowest BCUT2D eigenvalue weighted by Gasteiger charge is -2.19. The third-order valence-corrected chi connectivity index (χ3v) is 6.57. The Morgan fingerprint density at radius 1 is 1.13 bits per heavy atom. The minimum Gasteiger partial charge on any atom is -0.491 e. The van der Waals surface area contributed by atoms with Gasteiger partial charge in [0, 0.05) is 30.2 Å². The van der Waals surface area contributed by atoms with E-state index in [9.17, 15) is 9.90 Å². The molecule has 0 atom stereocenters. The van der Waals surface area contributed by atoms with E-state index in [1.807, 2.05) is 63.2 Å². The number of imidazole rings is 1. The van der Waals surface area contributed by atoms with Gasteiger partial charge in [0.1, 0.15) is 11.5 Å². The fourth-order valence-corrected chi connectivity index (χ4v) is 4.44. The van der Waals surface area contributed by atoms with Crippen LogP contribution in [0, 0.1) is 12.8 Å². The predicted molar refractivity (Wildman–Crippen MR) is 152 cm³/mol. The van der Waals surface area contributed by atoms with E-state index in [4.69, 9.17) is 14.6 Å². The number of hydrogen-bond acceptors (Lipinski definition) is 7. The highest BCUT2D eigenvalue weighted by atomic mass is 16.5. The monoisotopic (exact) mass is 528 g/mol. The number of carbonyl (C=O) groups excluding carboxylic acids is 1. The fraction of sp³-hybridized carbons (Fsp3) is 0.387. The maximum Gasteiger partial charge on any atom is 0.239 e. The molecule has 1 aliphatic carbocycles. The summed E-state index contributed by atoms with van der Waals surface area (Å²) in [6, 6.07) is 15.0. The van der Waals surface area contributed by atoms with Gasteiger partial charge in [-0.3, -0.25) is 4.79 Å². The Labute approximate surface area is 229 Å². The zero-order valence-corrected chi connectivity index (χ0v) is 23.2.